The number of hydrogen-bond acceptors (Lipinski definition) is 3. The first-order valence-corrected chi connectivity index (χ1v) is 6.57. The Morgan fingerprint density at radius 3 is 2.50 bits per heavy atom. The third kappa shape index (κ3) is 2.43. The molecular formula is C14H21NO3. The summed E-state index contributed by atoms with van der Waals surface area (Å²) < 4.78 is 5.30. The molecule has 0 radical (unpaired) electrons. The topological polar surface area (TPSA) is 42.7 Å². The number of nitrogens with zero attached hydrogens (tertiary/aromatic N) is 1. The summed E-state index contributed by atoms with van der Waals surface area (Å²) in [5, 5.41) is 1.53. The van der Waals surface area contributed by atoms with Gasteiger partial charge in [-0.3, -0.25) is 9.63 Å². The van der Waals surface area contributed by atoms with Gasteiger partial charge >= 0.3 is 0 Å². The van der Waals surface area contributed by atoms with E-state index in [4.69, 9.17) is 9.25 Å². The number of carbonyl (C=O) groups excluding carboxylic acids is 1. The number of amides is 1. The molecule has 18 heavy (non-hydrogen) atoms. The number of hydroxylamine groups is 2. The lowest BCUT2D eigenvalue weighted by molar-refractivity contribution is -0.129. The average molecular weight is 251 g/mol. The molecule has 1 fully saturated rings. The van der Waals surface area contributed by atoms with Crippen molar-refractivity contribution in [2.45, 2.75) is 52.0 Å². The van der Waals surface area contributed by atoms with Gasteiger partial charge < -0.3 is 4.42 Å². The molecule has 1 aliphatic rings. The fraction of sp³-hybridized carbons (Fsp3) is 0.643. The van der Waals surface area contributed by atoms with Crippen molar-refractivity contribution >= 4 is 5.91 Å². The Labute approximate surface area is 108 Å². The molecule has 0 saturated heterocycles. The van der Waals surface area contributed by atoms with Crippen LogP contribution < -0.4 is 0 Å². The van der Waals surface area contributed by atoms with Gasteiger partial charge in [-0.1, -0.05) is 19.3 Å². The number of furan rings is 1. The number of hydrogen-bond donors (Lipinski definition) is 0. The molecular weight excluding hydrogens is 230 g/mol. The Hall–Kier alpha value is -1.29. The smallest absolute Gasteiger partial charge is 0.281 e. The van der Waals surface area contributed by atoms with E-state index >= 15 is 0 Å². The van der Waals surface area contributed by atoms with Crippen molar-refractivity contribution in [1.82, 2.24) is 5.06 Å². The van der Waals surface area contributed by atoms with Gasteiger partial charge in [0.05, 0.1) is 25.0 Å². The Balaban J connectivity index is 2.19. The maximum atomic E-state index is 12.5. The molecule has 2 rings (SSSR count). The minimum atomic E-state index is -0.0758. The van der Waals surface area contributed by atoms with Gasteiger partial charge in [-0.15, -0.1) is 0 Å². The van der Waals surface area contributed by atoms with Gasteiger partial charge in [-0.25, -0.2) is 5.06 Å². The van der Waals surface area contributed by atoms with Crippen LogP contribution >= 0.6 is 0 Å². The number of rotatable bonds is 3. The van der Waals surface area contributed by atoms with Crippen LogP contribution in [0.15, 0.2) is 10.7 Å². The van der Waals surface area contributed by atoms with Crippen LogP contribution in [0.4, 0.5) is 0 Å². The fourth-order valence-corrected chi connectivity index (χ4v) is 2.72. The van der Waals surface area contributed by atoms with Crippen LogP contribution in [-0.4, -0.2) is 24.1 Å². The third-order valence-electron chi connectivity index (χ3n) is 3.68. The highest BCUT2D eigenvalue weighted by Crippen LogP contribution is 2.26. The minimum absolute atomic E-state index is 0.0758. The monoisotopic (exact) mass is 251 g/mol. The molecule has 1 heterocycles. The Bertz CT molecular complexity index is 399. The summed E-state index contributed by atoms with van der Waals surface area (Å²) in [5.74, 6) is 0.587. The predicted molar refractivity (Wildman–Crippen MR) is 68.2 cm³/mol. The van der Waals surface area contributed by atoms with E-state index in [1.165, 1.54) is 24.3 Å². The number of aryl methyl sites for hydroxylation is 2. The standard InChI is InChI=1S/C14H21NO3/c1-10-9-18-11(2)13(10)14(16)15(17-3)12-7-5-4-6-8-12/h9,12H,4-8H2,1-3H3. The molecule has 100 valence electrons. The third-order valence-corrected chi connectivity index (χ3v) is 3.68. The molecule has 4 heteroatoms. The highest BCUT2D eigenvalue weighted by atomic mass is 16.7. The largest absolute Gasteiger partial charge is 0.469 e. The first kappa shape index (κ1) is 13.1. The van der Waals surface area contributed by atoms with Gasteiger partial charge in [0.2, 0.25) is 0 Å². The molecule has 0 aliphatic heterocycles. The molecule has 1 amide bonds. The molecule has 0 aromatic carbocycles. The highest BCUT2D eigenvalue weighted by molar-refractivity contribution is 5.96. The summed E-state index contributed by atoms with van der Waals surface area (Å²) in [6.07, 6.45) is 7.26. The highest BCUT2D eigenvalue weighted by Gasteiger charge is 2.29. The van der Waals surface area contributed by atoms with Crippen LogP contribution in [0.5, 0.6) is 0 Å². The van der Waals surface area contributed by atoms with Crippen LogP contribution in [0.2, 0.25) is 0 Å². The van der Waals surface area contributed by atoms with Crippen molar-refractivity contribution in [3.63, 3.8) is 0 Å². The molecule has 0 spiro atoms. The molecule has 1 aliphatic carbocycles. The van der Waals surface area contributed by atoms with Crippen LogP contribution in [0.3, 0.4) is 0 Å². The zero-order chi connectivity index (χ0) is 13.1. The van der Waals surface area contributed by atoms with Crippen molar-refractivity contribution < 1.29 is 14.0 Å². The van der Waals surface area contributed by atoms with E-state index in [1.54, 1.807) is 13.4 Å². The van der Waals surface area contributed by atoms with Crippen molar-refractivity contribution in [1.29, 1.82) is 0 Å². The number of carbonyl (C=O) groups is 1. The lowest BCUT2D eigenvalue weighted by Gasteiger charge is -2.32. The van der Waals surface area contributed by atoms with Gasteiger partial charge in [0.15, 0.2) is 0 Å². The first-order chi connectivity index (χ1) is 8.65. The van der Waals surface area contributed by atoms with E-state index in [1.807, 2.05) is 13.8 Å². The maximum Gasteiger partial charge on any atom is 0.281 e. The summed E-state index contributed by atoms with van der Waals surface area (Å²) in [6.45, 7) is 3.70. The van der Waals surface area contributed by atoms with E-state index in [2.05, 4.69) is 0 Å². The summed E-state index contributed by atoms with van der Waals surface area (Å²) in [6, 6.07) is 0.199. The minimum Gasteiger partial charge on any atom is -0.469 e. The van der Waals surface area contributed by atoms with Crippen molar-refractivity contribution in [3.05, 3.63) is 23.2 Å². The van der Waals surface area contributed by atoms with Crippen LogP contribution in [0.1, 0.15) is 53.8 Å². The van der Waals surface area contributed by atoms with Gasteiger partial charge in [0, 0.05) is 5.56 Å². The first-order valence-electron chi connectivity index (χ1n) is 6.57. The summed E-state index contributed by atoms with van der Waals surface area (Å²) in [4.78, 5) is 17.8. The Morgan fingerprint density at radius 2 is 2.00 bits per heavy atom. The van der Waals surface area contributed by atoms with Crippen LogP contribution in [-0.2, 0) is 4.84 Å². The molecule has 0 bridgehead atoms. The Morgan fingerprint density at radius 1 is 1.33 bits per heavy atom. The predicted octanol–water partition coefficient (Wildman–Crippen LogP) is 3.23. The fourth-order valence-electron chi connectivity index (χ4n) is 2.72. The SMILES string of the molecule is CON(C(=O)c1c(C)coc1C)C1CCCCC1. The molecule has 1 aromatic heterocycles. The summed E-state index contributed by atoms with van der Waals surface area (Å²) in [7, 11) is 1.57. The molecule has 1 aromatic rings. The van der Waals surface area contributed by atoms with Gasteiger partial charge in [-0.2, -0.15) is 0 Å². The second-order valence-electron chi connectivity index (χ2n) is 4.96. The van der Waals surface area contributed by atoms with Crippen molar-refractivity contribution in [2.24, 2.45) is 0 Å². The zero-order valence-electron chi connectivity index (χ0n) is 11.4. The average Bonchev–Trinajstić information content (AvgIpc) is 2.71. The molecule has 4 nitrogen and oxygen atoms in total. The van der Waals surface area contributed by atoms with E-state index < -0.39 is 0 Å². The second-order valence-corrected chi connectivity index (χ2v) is 4.96. The molecule has 0 atom stereocenters. The van der Waals surface area contributed by atoms with Crippen LogP contribution in [0.25, 0.3) is 0 Å². The molecule has 0 unspecified atom stereocenters. The van der Waals surface area contributed by atoms with E-state index in [-0.39, 0.29) is 11.9 Å². The summed E-state index contributed by atoms with van der Waals surface area (Å²) >= 11 is 0. The van der Waals surface area contributed by atoms with Crippen molar-refractivity contribution in [3.8, 4) is 0 Å². The summed E-state index contributed by atoms with van der Waals surface area (Å²) in [5.41, 5.74) is 1.51. The lowest BCUT2D eigenvalue weighted by Crippen LogP contribution is -2.41. The van der Waals surface area contributed by atoms with E-state index in [0.717, 1.165) is 18.4 Å². The van der Waals surface area contributed by atoms with Crippen LogP contribution in [0, 0.1) is 13.8 Å². The van der Waals surface area contributed by atoms with Crippen molar-refractivity contribution in [2.75, 3.05) is 7.11 Å². The van der Waals surface area contributed by atoms with E-state index in [0.29, 0.717) is 11.3 Å². The van der Waals surface area contributed by atoms with E-state index in [9.17, 15) is 4.79 Å². The molecule has 1 saturated carbocycles. The van der Waals surface area contributed by atoms with Gasteiger partial charge in [-0.05, 0) is 26.7 Å². The lowest BCUT2D eigenvalue weighted by atomic mass is 9.95. The maximum absolute atomic E-state index is 12.5. The second kappa shape index (κ2) is 5.57. The normalized spacial score (nSPS) is 16.8. The quantitative estimate of drug-likeness (QED) is 0.774. The molecule has 0 N–H and O–H groups in total. The van der Waals surface area contributed by atoms with Gasteiger partial charge in [0.25, 0.3) is 5.91 Å². The zero-order valence-corrected chi connectivity index (χ0v) is 11.4. The Kier molecular flexibility index (Phi) is 4.07. The van der Waals surface area contributed by atoms with Gasteiger partial charge in [0.1, 0.15) is 5.76 Å².